The number of nitrogens with one attached hydrogen (secondary N) is 1. The Morgan fingerprint density at radius 2 is 2.17 bits per heavy atom. The van der Waals surface area contributed by atoms with Crippen molar-refractivity contribution in [3.63, 3.8) is 0 Å². The van der Waals surface area contributed by atoms with Gasteiger partial charge in [0.25, 0.3) is 10.2 Å². The third-order valence-electron chi connectivity index (χ3n) is 1.85. The third kappa shape index (κ3) is 1.95. The van der Waals surface area contributed by atoms with Gasteiger partial charge in [0.2, 0.25) is 0 Å². The molecule has 0 unspecified atom stereocenters. The lowest BCUT2D eigenvalue weighted by Crippen LogP contribution is -2.54. The first-order valence-electron chi connectivity index (χ1n) is 3.95. The van der Waals surface area contributed by atoms with Crippen LogP contribution in [-0.4, -0.2) is 44.1 Å². The zero-order valence-corrected chi connectivity index (χ0v) is 7.84. The van der Waals surface area contributed by atoms with Gasteiger partial charge in [-0.1, -0.05) is 6.92 Å². The first-order valence-corrected chi connectivity index (χ1v) is 5.39. The maximum atomic E-state index is 11.2. The van der Waals surface area contributed by atoms with Gasteiger partial charge in [-0.05, 0) is 0 Å². The summed E-state index contributed by atoms with van der Waals surface area (Å²) in [7, 11) is -3.24. The molecular weight excluding hydrogens is 180 g/mol. The second-order valence-corrected chi connectivity index (χ2v) is 4.62. The number of aliphatic hydroxyl groups excluding tert-OH is 1. The molecule has 6 heteroatoms. The number of hydrogen-bond acceptors (Lipinski definition) is 3. The van der Waals surface area contributed by atoms with Crippen LogP contribution in [0, 0.1) is 5.92 Å². The van der Waals surface area contributed by atoms with E-state index in [1.165, 1.54) is 4.31 Å². The fourth-order valence-corrected chi connectivity index (χ4v) is 2.47. The summed E-state index contributed by atoms with van der Waals surface area (Å²) >= 11 is 0. The Labute approximate surface area is 72.6 Å². The normalized spacial score (nSPS) is 20.8. The van der Waals surface area contributed by atoms with Gasteiger partial charge in [-0.2, -0.15) is 12.7 Å². The van der Waals surface area contributed by atoms with E-state index in [4.69, 9.17) is 5.11 Å². The lowest BCUT2D eigenvalue weighted by Gasteiger charge is -2.36. The van der Waals surface area contributed by atoms with Crippen LogP contribution in [0.4, 0.5) is 0 Å². The van der Waals surface area contributed by atoms with E-state index in [2.05, 4.69) is 4.72 Å². The van der Waals surface area contributed by atoms with Gasteiger partial charge in [0.1, 0.15) is 0 Å². The number of rotatable bonds is 4. The van der Waals surface area contributed by atoms with Crippen molar-refractivity contribution in [2.45, 2.75) is 6.92 Å². The molecule has 5 nitrogen and oxygen atoms in total. The van der Waals surface area contributed by atoms with Crippen molar-refractivity contribution in [3.8, 4) is 0 Å². The van der Waals surface area contributed by atoms with Crippen molar-refractivity contribution in [2.75, 3.05) is 26.2 Å². The molecule has 0 aromatic carbocycles. The molecule has 1 aliphatic heterocycles. The Bertz CT molecular complexity index is 233. The van der Waals surface area contributed by atoms with Gasteiger partial charge in [0, 0.05) is 32.2 Å². The molecule has 0 bridgehead atoms. The fraction of sp³-hybridized carbons (Fsp3) is 1.00. The molecule has 0 aliphatic carbocycles. The van der Waals surface area contributed by atoms with E-state index in [1.807, 2.05) is 0 Å². The van der Waals surface area contributed by atoms with Crippen molar-refractivity contribution >= 4 is 10.2 Å². The topological polar surface area (TPSA) is 69.6 Å². The second-order valence-electron chi connectivity index (χ2n) is 2.87. The molecule has 0 aromatic heterocycles. The van der Waals surface area contributed by atoms with Crippen LogP contribution >= 0.6 is 0 Å². The predicted octanol–water partition coefficient (Wildman–Crippen LogP) is -1.24. The van der Waals surface area contributed by atoms with Crippen molar-refractivity contribution < 1.29 is 13.5 Å². The lowest BCUT2D eigenvalue weighted by molar-refractivity contribution is 0.116. The van der Waals surface area contributed by atoms with E-state index in [-0.39, 0.29) is 12.5 Å². The summed E-state index contributed by atoms with van der Waals surface area (Å²) < 4.78 is 26.1. The Balaban J connectivity index is 2.41. The minimum atomic E-state index is -3.24. The van der Waals surface area contributed by atoms with E-state index < -0.39 is 10.2 Å². The maximum absolute atomic E-state index is 11.2. The van der Waals surface area contributed by atoms with Crippen LogP contribution in [0.1, 0.15) is 6.92 Å². The van der Waals surface area contributed by atoms with Gasteiger partial charge in [-0.15, -0.1) is 0 Å². The molecule has 72 valence electrons. The number of aliphatic hydroxyl groups is 1. The molecule has 1 fully saturated rings. The van der Waals surface area contributed by atoms with Crippen LogP contribution < -0.4 is 4.72 Å². The molecule has 1 aliphatic rings. The average molecular weight is 194 g/mol. The summed E-state index contributed by atoms with van der Waals surface area (Å²) in [5.74, 6) is 0.124. The average Bonchev–Trinajstić information content (AvgIpc) is 1.83. The van der Waals surface area contributed by atoms with Crippen LogP contribution in [0.25, 0.3) is 0 Å². The monoisotopic (exact) mass is 194 g/mol. The van der Waals surface area contributed by atoms with E-state index in [0.29, 0.717) is 19.6 Å². The summed E-state index contributed by atoms with van der Waals surface area (Å²) in [4.78, 5) is 0. The largest absolute Gasteiger partial charge is 0.396 e. The summed E-state index contributed by atoms with van der Waals surface area (Å²) in [5.41, 5.74) is 0. The predicted molar refractivity (Wildman–Crippen MR) is 44.7 cm³/mol. The standard InChI is InChI=1S/C6H14N2O3S/c1-2-7-12(10,11)8-3-6(4-8)5-9/h6-7,9H,2-5H2,1H3. The van der Waals surface area contributed by atoms with Gasteiger partial charge in [0.05, 0.1) is 0 Å². The van der Waals surface area contributed by atoms with E-state index in [1.54, 1.807) is 6.92 Å². The van der Waals surface area contributed by atoms with Crippen molar-refractivity contribution in [2.24, 2.45) is 5.92 Å². The quantitative estimate of drug-likeness (QED) is 0.588. The first kappa shape index (κ1) is 9.91. The highest BCUT2D eigenvalue weighted by Crippen LogP contribution is 2.17. The highest BCUT2D eigenvalue weighted by molar-refractivity contribution is 7.87. The lowest BCUT2D eigenvalue weighted by atomic mass is 10.1. The third-order valence-corrected chi connectivity index (χ3v) is 3.48. The molecule has 0 atom stereocenters. The number of hydrogen-bond donors (Lipinski definition) is 2. The van der Waals surface area contributed by atoms with E-state index in [9.17, 15) is 8.42 Å². The highest BCUT2D eigenvalue weighted by Gasteiger charge is 2.34. The summed E-state index contributed by atoms with van der Waals surface area (Å²) in [6, 6.07) is 0. The minimum absolute atomic E-state index is 0.0676. The zero-order chi connectivity index (χ0) is 9.19. The molecule has 1 rings (SSSR count). The second kappa shape index (κ2) is 3.69. The SMILES string of the molecule is CCNS(=O)(=O)N1CC(CO)C1. The molecule has 0 aromatic rings. The van der Waals surface area contributed by atoms with E-state index in [0.717, 1.165) is 0 Å². The summed E-state index contributed by atoms with van der Waals surface area (Å²) in [5, 5.41) is 8.66. The van der Waals surface area contributed by atoms with Crippen molar-refractivity contribution in [1.82, 2.24) is 9.03 Å². The van der Waals surface area contributed by atoms with Gasteiger partial charge < -0.3 is 5.11 Å². The van der Waals surface area contributed by atoms with Crippen LogP contribution in [0.3, 0.4) is 0 Å². The summed E-state index contributed by atoms with van der Waals surface area (Å²) in [6.45, 7) is 3.08. The van der Waals surface area contributed by atoms with E-state index >= 15 is 0 Å². The molecule has 2 N–H and O–H groups in total. The zero-order valence-electron chi connectivity index (χ0n) is 7.02. The minimum Gasteiger partial charge on any atom is -0.396 e. The molecule has 0 radical (unpaired) electrons. The van der Waals surface area contributed by atoms with Crippen molar-refractivity contribution in [1.29, 1.82) is 0 Å². The highest BCUT2D eigenvalue weighted by atomic mass is 32.2. The molecule has 1 heterocycles. The van der Waals surface area contributed by atoms with Gasteiger partial charge in [0.15, 0.2) is 0 Å². The van der Waals surface area contributed by atoms with Gasteiger partial charge >= 0.3 is 0 Å². The molecule has 1 saturated heterocycles. The Kier molecular flexibility index (Phi) is 3.05. The molecule has 0 amide bonds. The van der Waals surface area contributed by atoms with Crippen LogP contribution in [-0.2, 0) is 10.2 Å². The van der Waals surface area contributed by atoms with Gasteiger partial charge in [-0.25, -0.2) is 4.72 Å². The Morgan fingerprint density at radius 3 is 2.58 bits per heavy atom. The molecule has 0 spiro atoms. The molecule has 12 heavy (non-hydrogen) atoms. The van der Waals surface area contributed by atoms with Crippen LogP contribution in [0.15, 0.2) is 0 Å². The Morgan fingerprint density at radius 1 is 1.58 bits per heavy atom. The number of nitrogens with zero attached hydrogens (tertiary/aromatic N) is 1. The van der Waals surface area contributed by atoms with Gasteiger partial charge in [-0.3, -0.25) is 0 Å². The summed E-state index contributed by atoms with van der Waals surface area (Å²) in [6.07, 6.45) is 0. The Hall–Kier alpha value is -0.170. The smallest absolute Gasteiger partial charge is 0.279 e. The first-order chi connectivity index (χ1) is 5.60. The van der Waals surface area contributed by atoms with Crippen LogP contribution in [0.2, 0.25) is 0 Å². The van der Waals surface area contributed by atoms with Crippen molar-refractivity contribution in [3.05, 3.63) is 0 Å². The maximum Gasteiger partial charge on any atom is 0.279 e. The fourth-order valence-electron chi connectivity index (χ4n) is 1.11. The van der Waals surface area contributed by atoms with Crippen LogP contribution in [0.5, 0.6) is 0 Å². The molecule has 0 saturated carbocycles. The molecular formula is C6H14N2O3S.